The summed E-state index contributed by atoms with van der Waals surface area (Å²) in [5.74, 6) is -23.3. The first-order chi connectivity index (χ1) is 9.09. The van der Waals surface area contributed by atoms with Crippen molar-refractivity contribution >= 4 is 0 Å². The molecule has 0 N–H and O–H groups in total. The number of hydrogen-bond donors (Lipinski definition) is 0. The van der Waals surface area contributed by atoms with Gasteiger partial charge >= 0.3 is 36.5 Å². The van der Waals surface area contributed by atoms with Gasteiger partial charge < -0.3 is 4.74 Å². The maximum atomic E-state index is 12.5. The van der Waals surface area contributed by atoms with Crippen molar-refractivity contribution in [2.24, 2.45) is 0 Å². The fourth-order valence-corrected chi connectivity index (χ4v) is 0.819. The summed E-state index contributed by atoms with van der Waals surface area (Å²) in [5, 5.41) is 0. The van der Waals surface area contributed by atoms with Crippen molar-refractivity contribution in [3.05, 3.63) is 0 Å². The van der Waals surface area contributed by atoms with E-state index in [0.717, 1.165) is 0 Å². The van der Waals surface area contributed by atoms with Gasteiger partial charge in [-0.05, 0) is 0 Å². The molecule has 128 valence electrons. The van der Waals surface area contributed by atoms with E-state index in [1.807, 2.05) is 0 Å². The first-order valence-corrected chi connectivity index (χ1v) is 4.75. The predicted molar refractivity (Wildman–Crippen MR) is 42.6 cm³/mol. The SMILES string of the molecule is FC(F)C(F)(F)C(F)(F)COCC(F)(F)C(F)(F)C(F)F. The van der Waals surface area contributed by atoms with Gasteiger partial charge in [0.25, 0.3) is 0 Å². The first kappa shape index (κ1) is 20.1. The summed E-state index contributed by atoms with van der Waals surface area (Å²) in [6, 6.07) is 0. The number of halogens is 12. The molecule has 13 heteroatoms. The Kier molecular flexibility index (Phi) is 5.83. The Balaban J connectivity index is 4.77. The van der Waals surface area contributed by atoms with E-state index in [1.54, 1.807) is 0 Å². The lowest BCUT2D eigenvalue weighted by Crippen LogP contribution is -2.52. The summed E-state index contributed by atoms with van der Waals surface area (Å²) in [6.45, 7) is -5.58. The summed E-state index contributed by atoms with van der Waals surface area (Å²) in [7, 11) is 0. The van der Waals surface area contributed by atoms with E-state index >= 15 is 0 Å². The van der Waals surface area contributed by atoms with Crippen LogP contribution in [0.3, 0.4) is 0 Å². The quantitative estimate of drug-likeness (QED) is 0.602. The largest absolute Gasteiger partial charge is 0.371 e. The molecule has 21 heavy (non-hydrogen) atoms. The Labute approximate surface area is 108 Å². The van der Waals surface area contributed by atoms with Crippen LogP contribution < -0.4 is 0 Å². The van der Waals surface area contributed by atoms with Crippen LogP contribution in [-0.4, -0.2) is 49.8 Å². The van der Waals surface area contributed by atoms with Crippen LogP contribution in [0, 0.1) is 0 Å². The minimum atomic E-state index is -5.98. The molecule has 0 heterocycles. The molecular formula is C8H6F12O. The van der Waals surface area contributed by atoms with Crippen molar-refractivity contribution in [1.82, 2.24) is 0 Å². The molecule has 1 nitrogen and oxygen atoms in total. The average Bonchev–Trinajstić information content (AvgIpc) is 2.27. The molecule has 0 atom stereocenters. The third-order valence-electron chi connectivity index (χ3n) is 2.09. The highest BCUT2D eigenvalue weighted by Gasteiger charge is 2.65. The summed E-state index contributed by atoms with van der Waals surface area (Å²) in [6.07, 6.45) is -9.78. The maximum absolute atomic E-state index is 12.5. The van der Waals surface area contributed by atoms with Crippen LogP contribution in [-0.2, 0) is 4.74 Å². The van der Waals surface area contributed by atoms with Crippen LogP contribution in [0.25, 0.3) is 0 Å². The van der Waals surface area contributed by atoms with E-state index in [4.69, 9.17) is 0 Å². The van der Waals surface area contributed by atoms with Crippen LogP contribution in [0.4, 0.5) is 52.7 Å². The number of ether oxygens (including phenoxy) is 1. The van der Waals surface area contributed by atoms with Crippen molar-refractivity contribution in [2.45, 2.75) is 36.5 Å². The van der Waals surface area contributed by atoms with Gasteiger partial charge in [0, 0.05) is 0 Å². The van der Waals surface area contributed by atoms with E-state index in [9.17, 15) is 52.7 Å². The standard InChI is InChI=1S/C8H6F12O/c9-3(10)7(17,18)5(13,14)1-21-2-6(15,16)8(19,20)4(11)12/h3-4H,1-2H2. The molecule has 0 aliphatic rings. The highest BCUT2D eigenvalue weighted by Crippen LogP contribution is 2.41. The van der Waals surface area contributed by atoms with Gasteiger partial charge in [-0.1, -0.05) is 0 Å². The molecule has 0 saturated carbocycles. The Morgan fingerprint density at radius 1 is 0.571 bits per heavy atom. The van der Waals surface area contributed by atoms with E-state index in [-0.39, 0.29) is 0 Å². The van der Waals surface area contributed by atoms with Crippen LogP contribution in [0.5, 0.6) is 0 Å². The highest BCUT2D eigenvalue weighted by atomic mass is 19.4. The normalized spacial score (nSPS) is 15.1. The molecule has 0 aromatic rings. The molecule has 0 aromatic heterocycles. The molecule has 0 amide bonds. The lowest BCUT2D eigenvalue weighted by atomic mass is 10.2. The number of rotatable bonds is 8. The number of alkyl halides is 12. The van der Waals surface area contributed by atoms with Crippen LogP contribution in [0.15, 0.2) is 0 Å². The molecule has 0 fully saturated rings. The fourth-order valence-electron chi connectivity index (χ4n) is 0.819. The molecule has 0 radical (unpaired) electrons. The van der Waals surface area contributed by atoms with Gasteiger partial charge in [0.2, 0.25) is 0 Å². The maximum Gasteiger partial charge on any atom is 0.371 e. The zero-order valence-electron chi connectivity index (χ0n) is 9.51. The molecule has 0 aliphatic carbocycles. The van der Waals surface area contributed by atoms with Gasteiger partial charge in [0.1, 0.15) is 13.2 Å². The topological polar surface area (TPSA) is 9.23 Å². The van der Waals surface area contributed by atoms with Crippen LogP contribution >= 0.6 is 0 Å². The summed E-state index contributed by atoms with van der Waals surface area (Å²) in [4.78, 5) is 0. The molecule has 0 saturated heterocycles. The minimum Gasteiger partial charge on any atom is -0.368 e. The van der Waals surface area contributed by atoms with Crippen molar-refractivity contribution in [3.8, 4) is 0 Å². The van der Waals surface area contributed by atoms with Crippen molar-refractivity contribution in [3.63, 3.8) is 0 Å². The summed E-state index contributed by atoms with van der Waals surface area (Å²) < 4.78 is 149. The second-order valence-corrected chi connectivity index (χ2v) is 3.75. The Bertz CT molecular complexity index is 306. The van der Waals surface area contributed by atoms with Gasteiger partial charge in [-0.15, -0.1) is 0 Å². The Morgan fingerprint density at radius 2 is 0.810 bits per heavy atom. The van der Waals surface area contributed by atoms with E-state index < -0.39 is 49.8 Å². The number of hydrogen-bond acceptors (Lipinski definition) is 1. The van der Waals surface area contributed by atoms with Gasteiger partial charge in [0.15, 0.2) is 0 Å². The third-order valence-corrected chi connectivity index (χ3v) is 2.09. The van der Waals surface area contributed by atoms with Crippen LogP contribution in [0.2, 0.25) is 0 Å². The van der Waals surface area contributed by atoms with E-state index in [2.05, 4.69) is 4.74 Å². The average molecular weight is 346 g/mol. The predicted octanol–water partition coefficient (Wildman–Crippen LogP) is 4.07. The lowest BCUT2D eigenvalue weighted by molar-refractivity contribution is -0.303. The summed E-state index contributed by atoms with van der Waals surface area (Å²) >= 11 is 0. The molecule has 0 spiro atoms. The monoisotopic (exact) mass is 346 g/mol. The van der Waals surface area contributed by atoms with Crippen molar-refractivity contribution in [2.75, 3.05) is 13.2 Å². The highest BCUT2D eigenvalue weighted by molar-refractivity contribution is 4.89. The van der Waals surface area contributed by atoms with E-state index in [0.29, 0.717) is 0 Å². The van der Waals surface area contributed by atoms with Crippen molar-refractivity contribution in [1.29, 1.82) is 0 Å². The molecule has 0 aliphatic heterocycles. The second-order valence-electron chi connectivity index (χ2n) is 3.75. The zero-order chi connectivity index (χ0) is 17.3. The van der Waals surface area contributed by atoms with E-state index in [1.165, 1.54) is 0 Å². The summed E-state index contributed by atoms with van der Waals surface area (Å²) in [5.41, 5.74) is 0. The molecular weight excluding hydrogens is 340 g/mol. The van der Waals surface area contributed by atoms with Gasteiger partial charge in [-0.3, -0.25) is 0 Å². The van der Waals surface area contributed by atoms with Crippen LogP contribution in [0.1, 0.15) is 0 Å². The lowest BCUT2D eigenvalue weighted by Gasteiger charge is -2.28. The Hall–Kier alpha value is -0.880. The molecule has 0 rings (SSSR count). The second kappa shape index (κ2) is 6.08. The molecule has 0 aromatic carbocycles. The van der Waals surface area contributed by atoms with Gasteiger partial charge in [-0.25, -0.2) is 17.6 Å². The molecule has 0 unspecified atom stereocenters. The Morgan fingerprint density at radius 3 is 1.00 bits per heavy atom. The zero-order valence-corrected chi connectivity index (χ0v) is 9.51. The van der Waals surface area contributed by atoms with Crippen molar-refractivity contribution < 1.29 is 57.4 Å². The minimum absolute atomic E-state index is 2.79. The first-order valence-electron chi connectivity index (χ1n) is 4.75. The smallest absolute Gasteiger partial charge is 0.368 e. The third kappa shape index (κ3) is 4.07. The van der Waals surface area contributed by atoms with Gasteiger partial charge in [-0.2, -0.15) is 35.1 Å². The van der Waals surface area contributed by atoms with Gasteiger partial charge in [0.05, 0.1) is 0 Å². The fraction of sp³-hybridized carbons (Fsp3) is 1.00. The molecule has 0 bridgehead atoms.